The van der Waals surface area contributed by atoms with Crippen molar-refractivity contribution in [1.82, 2.24) is 0 Å². The maximum atomic E-state index is 12.6. The topological polar surface area (TPSA) is 66.6 Å². The van der Waals surface area contributed by atoms with Gasteiger partial charge in [-0.05, 0) is 12.1 Å². The van der Waals surface area contributed by atoms with Gasteiger partial charge >= 0.3 is 0 Å². The molecule has 1 aliphatic heterocycles. The van der Waals surface area contributed by atoms with E-state index in [2.05, 4.69) is 0 Å². The number of rotatable bonds is 0. The van der Waals surface area contributed by atoms with Gasteiger partial charge in [0.2, 0.25) is 11.8 Å². The Morgan fingerprint density at radius 2 is 1.80 bits per heavy atom. The van der Waals surface area contributed by atoms with Crippen molar-refractivity contribution in [1.29, 1.82) is 0 Å². The van der Waals surface area contributed by atoms with Crippen LogP contribution in [0.5, 0.6) is 0 Å². The van der Waals surface area contributed by atoms with Gasteiger partial charge in [-0.2, -0.15) is 0 Å². The number of carbonyl (C=O) groups is 2. The number of benzene rings is 1. The number of likely N-dealkylation sites (N-methyl/N-ethyl adjacent to an activating group) is 1. The van der Waals surface area contributed by atoms with Gasteiger partial charge in [0.05, 0.1) is 17.9 Å². The van der Waals surface area contributed by atoms with E-state index in [1.54, 1.807) is 11.9 Å². The summed E-state index contributed by atoms with van der Waals surface area (Å²) < 4.78 is 0. The van der Waals surface area contributed by atoms with E-state index >= 15 is 0 Å². The molecule has 1 aliphatic rings. The molecular weight excluding hydrogens is 254 g/mol. The van der Waals surface area contributed by atoms with E-state index < -0.39 is 11.5 Å². The maximum absolute atomic E-state index is 12.6. The highest BCUT2D eigenvalue weighted by atomic mass is 16.2. The molecule has 2 rings (SSSR count). The predicted octanol–water partition coefficient (Wildman–Crippen LogP) is 1.37. The Morgan fingerprint density at radius 3 is 2.35 bits per heavy atom. The van der Waals surface area contributed by atoms with Crippen LogP contribution in [0.3, 0.4) is 0 Å². The number of fused-ring (bicyclic) bond motifs is 1. The third-order valence-electron chi connectivity index (χ3n) is 3.45. The summed E-state index contributed by atoms with van der Waals surface area (Å²) in [5, 5.41) is 0. The molecule has 108 valence electrons. The standard InChI is InChI=1S/C15H21N3O2/c1-15(2,3)14(20)18-9-10(16)13(19)17(4)11-7-5-6-8-12(11)18/h5-8,10H,9,16H2,1-4H3. The average molecular weight is 275 g/mol. The number of nitrogens with zero attached hydrogens (tertiary/aromatic N) is 2. The number of hydrogen-bond acceptors (Lipinski definition) is 3. The second-order valence-corrected chi connectivity index (χ2v) is 6.16. The molecule has 2 N–H and O–H groups in total. The minimum absolute atomic E-state index is 0.0384. The normalized spacial score (nSPS) is 19.6. The lowest BCUT2D eigenvalue weighted by molar-refractivity contribution is -0.125. The van der Waals surface area contributed by atoms with Crippen LogP contribution in [0.15, 0.2) is 24.3 Å². The molecule has 0 saturated carbocycles. The summed E-state index contributed by atoms with van der Waals surface area (Å²) in [6.07, 6.45) is 0. The molecule has 1 aromatic carbocycles. The number of para-hydroxylation sites is 2. The van der Waals surface area contributed by atoms with E-state index in [-0.39, 0.29) is 18.4 Å². The largest absolute Gasteiger partial charge is 0.318 e. The Morgan fingerprint density at radius 1 is 1.25 bits per heavy atom. The van der Waals surface area contributed by atoms with Crippen molar-refractivity contribution < 1.29 is 9.59 Å². The minimum atomic E-state index is -0.710. The Kier molecular flexibility index (Phi) is 3.56. The molecule has 5 heteroatoms. The van der Waals surface area contributed by atoms with E-state index in [0.29, 0.717) is 5.69 Å². The molecule has 2 amide bonds. The minimum Gasteiger partial charge on any atom is -0.318 e. The summed E-state index contributed by atoms with van der Waals surface area (Å²) >= 11 is 0. The van der Waals surface area contributed by atoms with Crippen molar-refractivity contribution in [3.63, 3.8) is 0 Å². The Balaban J connectivity index is 2.55. The first-order valence-corrected chi connectivity index (χ1v) is 6.67. The van der Waals surface area contributed by atoms with Crippen LogP contribution < -0.4 is 15.5 Å². The number of nitrogens with two attached hydrogens (primary N) is 1. The predicted molar refractivity (Wildman–Crippen MR) is 79.6 cm³/mol. The molecule has 0 fully saturated rings. The van der Waals surface area contributed by atoms with Gasteiger partial charge in [-0.3, -0.25) is 9.59 Å². The molecule has 0 radical (unpaired) electrons. The monoisotopic (exact) mass is 275 g/mol. The average Bonchev–Trinajstić information content (AvgIpc) is 2.49. The zero-order valence-corrected chi connectivity index (χ0v) is 12.4. The summed E-state index contributed by atoms with van der Waals surface area (Å²) in [5.41, 5.74) is 6.85. The molecule has 1 unspecified atom stereocenters. The maximum Gasteiger partial charge on any atom is 0.245 e. The fraction of sp³-hybridized carbons (Fsp3) is 0.467. The van der Waals surface area contributed by atoms with Gasteiger partial charge < -0.3 is 15.5 Å². The van der Waals surface area contributed by atoms with Crippen LogP contribution in [0.25, 0.3) is 0 Å². The van der Waals surface area contributed by atoms with Crippen molar-refractivity contribution in [2.75, 3.05) is 23.4 Å². The second-order valence-electron chi connectivity index (χ2n) is 6.16. The number of amides is 2. The van der Waals surface area contributed by atoms with E-state index in [1.165, 1.54) is 4.90 Å². The fourth-order valence-corrected chi connectivity index (χ4v) is 2.31. The van der Waals surface area contributed by atoms with Gasteiger partial charge in [0.15, 0.2) is 0 Å². The van der Waals surface area contributed by atoms with Crippen molar-refractivity contribution in [2.45, 2.75) is 26.8 Å². The van der Waals surface area contributed by atoms with Crippen molar-refractivity contribution >= 4 is 23.2 Å². The highest BCUT2D eigenvalue weighted by molar-refractivity contribution is 6.07. The number of carbonyl (C=O) groups excluding carboxylic acids is 2. The van der Waals surface area contributed by atoms with Crippen LogP contribution in [0, 0.1) is 5.41 Å². The van der Waals surface area contributed by atoms with Gasteiger partial charge in [0.1, 0.15) is 6.04 Å². The number of anilines is 2. The van der Waals surface area contributed by atoms with Crippen LogP contribution >= 0.6 is 0 Å². The molecule has 5 nitrogen and oxygen atoms in total. The van der Waals surface area contributed by atoms with Gasteiger partial charge in [0, 0.05) is 12.5 Å². The molecular formula is C15H21N3O2. The zero-order chi connectivity index (χ0) is 15.1. The Bertz CT molecular complexity index is 548. The van der Waals surface area contributed by atoms with Crippen molar-refractivity contribution in [3.05, 3.63) is 24.3 Å². The molecule has 0 bridgehead atoms. The first kappa shape index (κ1) is 14.5. The summed E-state index contributed by atoms with van der Waals surface area (Å²) in [6.45, 7) is 5.79. The zero-order valence-electron chi connectivity index (χ0n) is 12.4. The fourth-order valence-electron chi connectivity index (χ4n) is 2.31. The Labute approximate surface area is 119 Å². The van der Waals surface area contributed by atoms with E-state index in [4.69, 9.17) is 5.73 Å². The molecule has 0 saturated heterocycles. The highest BCUT2D eigenvalue weighted by Gasteiger charge is 2.36. The van der Waals surface area contributed by atoms with Gasteiger partial charge in [-0.1, -0.05) is 32.9 Å². The third kappa shape index (κ3) is 2.41. The van der Waals surface area contributed by atoms with E-state index in [9.17, 15) is 9.59 Å². The van der Waals surface area contributed by atoms with Crippen molar-refractivity contribution in [3.8, 4) is 0 Å². The van der Waals surface area contributed by atoms with Crippen LogP contribution in [-0.4, -0.2) is 31.4 Å². The summed E-state index contributed by atoms with van der Waals surface area (Å²) in [6, 6.07) is 6.67. The van der Waals surface area contributed by atoms with Crippen LogP contribution in [0.1, 0.15) is 20.8 Å². The van der Waals surface area contributed by atoms with Gasteiger partial charge in [0.25, 0.3) is 0 Å². The third-order valence-corrected chi connectivity index (χ3v) is 3.45. The van der Waals surface area contributed by atoms with Crippen molar-refractivity contribution in [2.24, 2.45) is 11.1 Å². The van der Waals surface area contributed by atoms with E-state index in [0.717, 1.165) is 5.69 Å². The lowest BCUT2D eigenvalue weighted by Gasteiger charge is -2.30. The van der Waals surface area contributed by atoms with Gasteiger partial charge in [-0.15, -0.1) is 0 Å². The lowest BCUT2D eigenvalue weighted by Crippen LogP contribution is -2.49. The van der Waals surface area contributed by atoms with E-state index in [1.807, 2.05) is 45.0 Å². The summed E-state index contributed by atoms with van der Waals surface area (Å²) in [5.74, 6) is -0.217. The quantitative estimate of drug-likeness (QED) is 0.777. The summed E-state index contributed by atoms with van der Waals surface area (Å²) in [4.78, 5) is 28.0. The second kappa shape index (κ2) is 4.90. The van der Waals surface area contributed by atoms with Crippen LogP contribution in [0.2, 0.25) is 0 Å². The SMILES string of the molecule is CN1C(=O)C(N)CN(C(=O)C(C)(C)C)c2ccccc21. The van der Waals surface area contributed by atoms with Crippen LogP contribution in [0.4, 0.5) is 11.4 Å². The smallest absolute Gasteiger partial charge is 0.245 e. The van der Waals surface area contributed by atoms with Crippen LogP contribution in [-0.2, 0) is 9.59 Å². The molecule has 0 aromatic heterocycles. The highest BCUT2D eigenvalue weighted by Crippen LogP contribution is 2.34. The summed E-state index contributed by atoms with van der Waals surface area (Å²) in [7, 11) is 1.69. The molecule has 1 aromatic rings. The molecule has 0 spiro atoms. The van der Waals surface area contributed by atoms with Gasteiger partial charge in [-0.25, -0.2) is 0 Å². The molecule has 0 aliphatic carbocycles. The Hall–Kier alpha value is -1.88. The number of hydrogen-bond donors (Lipinski definition) is 1. The molecule has 1 atom stereocenters. The lowest BCUT2D eigenvalue weighted by atomic mass is 9.94. The molecule has 1 heterocycles. The molecule has 20 heavy (non-hydrogen) atoms. The first-order valence-electron chi connectivity index (χ1n) is 6.67. The first-order chi connectivity index (χ1) is 9.23.